The Bertz CT molecular complexity index is 1220. The standard InChI is InChI=1S/C33H51N5O6/c1-19(2)24(17-23(39)15-21-13-11-10-12-14-21)36-31(44)37-27(33(7,8)9)30(43)38-18-22(32(4,5)6)16-25(38)29(42)35-20(3)26(40)28(34)41/h10-14,19-20,22,24-25,27H,15-18H2,1-9H3,(H2,34,41)(H,35,42)(H2,36,37,44). The van der Waals surface area contributed by atoms with Gasteiger partial charge >= 0.3 is 6.03 Å². The van der Waals surface area contributed by atoms with E-state index in [1.807, 2.05) is 85.7 Å². The summed E-state index contributed by atoms with van der Waals surface area (Å²) in [7, 11) is 0. The number of amides is 5. The minimum atomic E-state index is -1.16. The molecular weight excluding hydrogens is 562 g/mol. The predicted octanol–water partition coefficient (Wildman–Crippen LogP) is 2.75. The summed E-state index contributed by atoms with van der Waals surface area (Å²) >= 11 is 0. The van der Waals surface area contributed by atoms with E-state index in [9.17, 15) is 28.8 Å². The van der Waals surface area contributed by atoms with Crippen LogP contribution in [0.4, 0.5) is 4.79 Å². The van der Waals surface area contributed by atoms with E-state index in [1.165, 1.54) is 11.8 Å². The Hall–Kier alpha value is -3.76. The van der Waals surface area contributed by atoms with E-state index in [2.05, 4.69) is 16.0 Å². The number of hydrogen-bond donors (Lipinski definition) is 4. The number of nitrogens with zero attached hydrogens (tertiary/aromatic N) is 1. The average Bonchev–Trinajstić information content (AvgIpc) is 3.37. The zero-order valence-electron chi connectivity index (χ0n) is 27.7. The number of primary amides is 1. The molecule has 0 bridgehead atoms. The van der Waals surface area contributed by atoms with Crippen LogP contribution >= 0.6 is 0 Å². The SMILES string of the molecule is CC(NC(=O)C1CC(C(C)(C)C)CN1C(=O)C(NC(=O)NC(CC(=O)Cc1ccccc1)C(C)C)C(C)(C)C)C(=O)C(N)=O. The molecule has 2 rings (SSSR count). The Morgan fingerprint density at radius 2 is 1.50 bits per heavy atom. The third-order valence-corrected chi connectivity index (χ3v) is 8.31. The maximum absolute atomic E-state index is 14.2. The number of Topliss-reactive ketones (excluding diaryl/α,β-unsaturated/α-hetero) is 2. The maximum atomic E-state index is 14.2. The van der Waals surface area contributed by atoms with Crippen LogP contribution in [0.15, 0.2) is 30.3 Å². The third-order valence-electron chi connectivity index (χ3n) is 8.31. The van der Waals surface area contributed by atoms with Crippen LogP contribution < -0.4 is 21.7 Å². The summed E-state index contributed by atoms with van der Waals surface area (Å²) in [6, 6.07) is 5.29. The quantitative estimate of drug-likeness (QED) is 0.264. The van der Waals surface area contributed by atoms with Crippen LogP contribution in [-0.2, 0) is 30.4 Å². The summed E-state index contributed by atoms with van der Waals surface area (Å²) < 4.78 is 0. The number of ketones is 2. The van der Waals surface area contributed by atoms with Gasteiger partial charge in [0, 0.05) is 25.4 Å². The predicted molar refractivity (Wildman–Crippen MR) is 168 cm³/mol. The lowest BCUT2D eigenvalue weighted by molar-refractivity contribution is -0.143. The largest absolute Gasteiger partial charge is 0.363 e. The Kier molecular flexibility index (Phi) is 12.3. The molecule has 1 aliphatic rings. The van der Waals surface area contributed by atoms with Crippen LogP contribution in [0.1, 0.15) is 80.7 Å². The van der Waals surface area contributed by atoms with E-state index >= 15 is 0 Å². The number of nitrogens with two attached hydrogens (primary N) is 1. The van der Waals surface area contributed by atoms with Crippen molar-refractivity contribution in [2.24, 2.45) is 28.4 Å². The Morgan fingerprint density at radius 3 is 2.00 bits per heavy atom. The van der Waals surface area contributed by atoms with E-state index in [0.717, 1.165) is 5.56 Å². The molecule has 0 aliphatic carbocycles. The number of hydrogen-bond acceptors (Lipinski definition) is 6. The summed E-state index contributed by atoms with van der Waals surface area (Å²) in [5.41, 5.74) is 5.03. The van der Waals surface area contributed by atoms with E-state index in [-0.39, 0.29) is 42.4 Å². The van der Waals surface area contributed by atoms with Gasteiger partial charge in [-0.3, -0.25) is 24.0 Å². The molecule has 244 valence electrons. The first-order valence-electron chi connectivity index (χ1n) is 15.3. The van der Waals surface area contributed by atoms with Gasteiger partial charge in [-0.15, -0.1) is 0 Å². The first-order chi connectivity index (χ1) is 20.2. The summed E-state index contributed by atoms with van der Waals surface area (Å²) in [6.07, 6.45) is 0.742. The smallest absolute Gasteiger partial charge is 0.315 e. The van der Waals surface area contributed by atoms with Gasteiger partial charge in [-0.1, -0.05) is 85.7 Å². The van der Waals surface area contributed by atoms with Crippen molar-refractivity contribution >= 4 is 35.3 Å². The molecule has 0 aromatic heterocycles. The third kappa shape index (κ3) is 10.2. The van der Waals surface area contributed by atoms with Gasteiger partial charge in [0.2, 0.25) is 17.6 Å². The van der Waals surface area contributed by atoms with Crippen LogP contribution in [-0.4, -0.2) is 70.9 Å². The van der Waals surface area contributed by atoms with E-state index in [0.29, 0.717) is 6.42 Å². The Morgan fingerprint density at radius 1 is 0.909 bits per heavy atom. The number of carbonyl (C=O) groups is 6. The molecule has 5 atom stereocenters. The van der Waals surface area contributed by atoms with Gasteiger partial charge in [0.25, 0.3) is 5.91 Å². The molecular formula is C33H51N5O6. The van der Waals surface area contributed by atoms with Crippen molar-refractivity contribution in [1.82, 2.24) is 20.9 Å². The molecule has 11 nitrogen and oxygen atoms in total. The van der Waals surface area contributed by atoms with Gasteiger partial charge in [0.1, 0.15) is 17.9 Å². The van der Waals surface area contributed by atoms with Crippen LogP contribution in [0.2, 0.25) is 0 Å². The first kappa shape index (κ1) is 36.4. The second-order valence-corrected chi connectivity index (χ2v) is 14.4. The number of benzene rings is 1. The zero-order chi connectivity index (χ0) is 33.6. The molecule has 5 amide bonds. The molecule has 44 heavy (non-hydrogen) atoms. The van der Waals surface area contributed by atoms with Crippen molar-refractivity contribution in [2.45, 2.75) is 106 Å². The fraction of sp³-hybridized carbons (Fsp3) is 0.636. The molecule has 1 heterocycles. The van der Waals surface area contributed by atoms with Crippen molar-refractivity contribution in [3.63, 3.8) is 0 Å². The van der Waals surface area contributed by atoms with E-state index in [4.69, 9.17) is 5.73 Å². The lowest BCUT2D eigenvalue weighted by atomic mass is 9.79. The average molecular weight is 614 g/mol. The number of urea groups is 1. The minimum Gasteiger partial charge on any atom is -0.363 e. The molecule has 1 saturated heterocycles. The van der Waals surface area contributed by atoms with Crippen molar-refractivity contribution in [3.05, 3.63) is 35.9 Å². The topological polar surface area (TPSA) is 168 Å². The normalized spacial score (nSPS) is 19.1. The van der Waals surface area contributed by atoms with E-state index < -0.39 is 59.1 Å². The molecule has 11 heteroatoms. The van der Waals surface area contributed by atoms with Crippen molar-refractivity contribution in [3.8, 4) is 0 Å². The fourth-order valence-electron chi connectivity index (χ4n) is 5.29. The minimum absolute atomic E-state index is 0.0122. The summed E-state index contributed by atoms with van der Waals surface area (Å²) in [5.74, 6) is -3.20. The zero-order valence-corrected chi connectivity index (χ0v) is 27.7. The van der Waals surface area contributed by atoms with Crippen LogP contribution in [0.3, 0.4) is 0 Å². The summed E-state index contributed by atoms with van der Waals surface area (Å²) in [4.78, 5) is 78.5. The fourth-order valence-corrected chi connectivity index (χ4v) is 5.29. The van der Waals surface area contributed by atoms with Gasteiger partial charge in [-0.25, -0.2) is 4.79 Å². The molecule has 0 saturated carbocycles. The number of likely N-dealkylation sites (tertiary alicyclic amines) is 1. The molecule has 0 spiro atoms. The second-order valence-electron chi connectivity index (χ2n) is 14.4. The molecule has 1 fully saturated rings. The highest BCUT2D eigenvalue weighted by atomic mass is 16.2. The van der Waals surface area contributed by atoms with Gasteiger partial charge in [0.05, 0.1) is 6.04 Å². The van der Waals surface area contributed by atoms with Gasteiger partial charge < -0.3 is 26.6 Å². The molecule has 5 N–H and O–H groups in total. The highest BCUT2D eigenvalue weighted by molar-refractivity contribution is 6.37. The number of nitrogens with one attached hydrogen (secondary N) is 3. The van der Waals surface area contributed by atoms with Crippen LogP contribution in [0.5, 0.6) is 0 Å². The summed E-state index contributed by atoms with van der Waals surface area (Å²) in [5, 5.41) is 8.26. The molecule has 0 radical (unpaired) electrons. The van der Waals surface area contributed by atoms with Crippen LogP contribution in [0, 0.1) is 22.7 Å². The van der Waals surface area contributed by atoms with Gasteiger partial charge in [-0.05, 0) is 41.6 Å². The van der Waals surface area contributed by atoms with Crippen molar-refractivity contribution < 1.29 is 28.8 Å². The maximum Gasteiger partial charge on any atom is 0.315 e. The lowest BCUT2D eigenvalue weighted by Gasteiger charge is -2.36. The highest BCUT2D eigenvalue weighted by Gasteiger charge is 2.47. The Balaban J connectivity index is 2.24. The van der Waals surface area contributed by atoms with Crippen molar-refractivity contribution in [2.75, 3.05) is 6.54 Å². The highest BCUT2D eigenvalue weighted by Crippen LogP contribution is 2.38. The van der Waals surface area contributed by atoms with Crippen molar-refractivity contribution in [1.29, 1.82) is 0 Å². The molecule has 5 unspecified atom stereocenters. The number of rotatable bonds is 12. The summed E-state index contributed by atoms with van der Waals surface area (Å²) in [6.45, 7) is 17.0. The lowest BCUT2D eigenvalue weighted by Crippen LogP contribution is -2.60. The van der Waals surface area contributed by atoms with Crippen LogP contribution in [0.25, 0.3) is 0 Å². The second kappa shape index (κ2) is 14.8. The monoisotopic (exact) mass is 613 g/mol. The molecule has 1 aromatic rings. The first-order valence-corrected chi connectivity index (χ1v) is 15.3. The van der Waals surface area contributed by atoms with E-state index in [1.54, 1.807) is 0 Å². The molecule has 1 aromatic carbocycles. The number of carbonyl (C=O) groups excluding carboxylic acids is 6. The van der Waals surface area contributed by atoms with Gasteiger partial charge in [0.15, 0.2) is 0 Å². The Labute approximate surface area is 261 Å². The molecule has 1 aliphatic heterocycles. The van der Waals surface area contributed by atoms with Gasteiger partial charge in [-0.2, -0.15) is 0 Å².